The highest BCUT2D eigenvalue weighted by molar-refractivity contribution is 5.79. The Morgan fingerprint density at radius 3 is 2.41 bits per heavy atom. The molecule has 0 radical (unpaired) electrons. The molecule has 1 unspecified atom stereocenters. The number of nitrogens with zero attached hydrogens (tertiary/aromatic N) is 2. The number of benzene rings is 1. The Bertz CT molecular complexity index is 676. The molecule has 146 valence electrons. The predicted octanol–water partition coefficient (Wildman–Crippen LogP) is 3.15. The van der Waals surface area contributed by atoms with E-state index in [9.17, 15) is 9.59 Å². The summed E-state index contributed by atoms with van der Waals surface area (Å²) in [7, 11) is 0. The maximum atomic E-state index is 12.7. The molecule has 1 aliphatic carbocycles. The van der Waals surface area contributed by atoms with E-state index in [4.69, 9.17) is 0 Å². The van der Waals surface area contributed by atoms with Crippen molar-refractivity contribution < 1.29 is 9.59 Å². The van der Waals surface area contributed by atoms with Crippen LogP contribution in [0.1, 0.15) is 55.6 Å². The molecule has 1 atom stereocenters. The summed E-state index contributed by atoms with van der Waals surface area (Å²) in [6, 6.07) is 8.82. The highest BCUT2D eigenvalue weighted by Gasteiger charge is 2.31. The van der Waals surface area contributed by atoms with Gasteiger partial charge in [-0.3, -0.25) is 4.79 Å². The predicted molar refractivity (Wildman–Crippen MR) is 106 cm³/mol. The Hall–Kier alpha value is -2.04. The van der Waals surface area contributed by atoms with Gasteiger partial charge in [0.25, 0.3) is 0 Å². The first-order chi connectivity index (χ1) is 13.2. The molecule has 1 aromatic rings. The van der Waals surface area contributed by atoms with E-state index in [1.54, 1.807) is 0 Å². The highest BCUT2D eigenvalue weighted by atomic mass is 16.2. The molecule has 5 heteroatoms. The molecule has 27 heavy (non-hydrogen) atoms. The summed E-state index contributed by atoms with van der Waals surface area (Å²) in [6.45, 7) is 3.94. The van der Waals surface area contributed by atoms with Gasteiger partial charge in [0, 0.05) is 44.6 Å². The molecular weight excluding hydrogens is 338 g/mol. The molecule has 0 spiro atoms. The fourth-order valence-electron chi connectivity index (χ4n) is 4.88. The number of rotatable bonds is 3. The third-order valence-corrected chi connectivity index (χ3v) is 6.53. The van der Waals surface area contributed by atoms with Gasteiger partial charge in [0.15, 0.2) is 0 Å². The average Bonchev–Trinajstić information content (AvgIpc) is 3.26. The van der Waals surface area contributed by atoms with Crippen molar-refractivity contribution in [3.63, 3.8) is 0 Å². The zero-order valence-electron chi connectivity index (χ0n) is 16.2. The lowest BCUT2D eigenvalue weighted by Gasteiger charge is -2.34. The molecule has 3 amide bonds. The van der Waals surface area contributed by atoms with Crippen LogP contribution in [-0.2, 0) is 11.2 Å². The van der Waals surface area contributed by atoms with Crippen molar-refractivity contribution in [2.24, 2.45) is 5.92 Å². The number of nitrogens with one attached hydrogen (secondary N) is 1. The van der Waals surface area contributed by atoms with Crippen molar-refractivity contribution in [1.29, 1.82) is 0 Å². The monoisotopic (exact) mass is 369 g/mol. The third kappa shape index (κ3) is 4.12. The second-order valence-electron chi connectivity index (χ2n) is 8.27. The van der Waals surface area contributed by atoms with Crippen LogP contribution < -0.4 is 5.32 Å². The van der Waals surface area contributed by atoms with Crippen LogP contribution in [0.15, 0.2) is 24.3 Å². The highest BCUT2D eigenvalue weighted by Crippen LogP contribution is 2.31. The van der Waals surface area contributed by atoms with Gasteiger partial charge in [-0.1, -0.05) is 24.3 Å². The van der Waals surface area contributed by atoms with Crippen molar-refractivity contribution in [3.8, 4) is 0 Å². The van der Waals surface area contributed by atoms with Crippen LogP contribution in [0.4, 0.5) is 4.79 Å². The summed E-state index contributed by atoms with van der Waals surface area (Å²) < 4.78 is 0. The van der Waals surface area contributed by atoms with Crippen molar-refractivity contribution in [1.82, 2.24) is 15.1 Å². The summed E-state index contributed by atoms with van der Waals surface area (Å²) >= 11 is 0. The van der Waals surface area contributed by atoms with Crippen LogP contribution in [0, 0.1) is 5.92 Å². The van der Waals surface area contributed by atoms with E-state index >= 15 is 0 Å². The van der Waals surface area contributed by atoms with E-state index in [0.29, 0.717) is 19.0 Å². The van der Waals surface area contributed by atoms with E-state index < -0.39 is 0 Å². The number of amides is 3. The SMILES string of the molecule is O=C(NCC1CCCc2ccccc21)C1CCN(C(=O)N2CCCC2)CC1. The van der Waals surface area contributed by atoms with Gasteiger partial charge in [-0.25, -0.2) is 4.79 Å². The molecule has 0 aromatic heterocycles. The smallest absolute Gasteiger partial charge is 0.319 e. The van der Waals surface area contributed by atoms with E-state index in [2.05, 4.69) is 29.6 Å². The number of piperidine rings is 1. The maximum Gasteiger partial charge on any atom is 0.319 e. The lowest BCUT2D eigenvalue weighted by Crippen LogP contribution is -2.48. The summed E-state index contributed by atoms with van der Waals surface area (Å²) in [5.74, 6) is 0.661. The van der Waals surface area contributed by atoms with Crippen molar-refractivity contribution in [2.75, 3.05) is 32.7 Å². The fraction of sp³-hybridized carbons (Fsp3) is 0.636. The minimum Gasteiger partial charge on any atom is -0.355 e. The van der Waals surface area contributed by atoms with E-state index in [1.807, 2.05) is 9.80 Å². The largest absolute Gasteiger partial charge is 0.355 e. The van der Waals surface area contributed by atoms with Crippen molar-refractivity contribution >= 4 is 11.9 Å². The number of carbonyl (C=O) groups excluding carboxylic acids is 2. The second kappa shape index (κ2) is 8.32. The number of fused-ring (bicyclic) bond motifs is 1. The molecule has 2 aliphatic heterocycles. The van der Waals surface area contributed by atoms with E-state index in [-0.39, 0.29) is 17.9 Å². The Morgan fingerprint density at radius 1 is 0.926 bits per heavy atom. The van der Waals surface area contributed by atoms with Gasteiger partial charge in [-0.2, -0.15) is 0 Å². The zero-order chi connectivity index (χ0) is 18.6. The zero-order valence-corrected chi connectivity index (χ0v) is 16.2. The number of urea groups is 1. The molecule has 5 nitrogen and oxygen atoms in total. The summed E-state index contributed by atoms with van der Waals surface area (Å²) in [5.41, 5.74) is 2.85. The minimum absolute atomic E-state index is 0.0477. The van der Waals surface area contributed by atoms with Crippen LogP contribution in [-0.4, -0.2) is 54.5 Å². The molecule has 2 heterocycles. The van der Waals surface area contributed by atoms with Gasteiger partial charge in [0.2, 0.25) is 5.91 Å². The number of hydrogen-bond donors (Lipinski definition) is 1. The molecule has 0 bridgehead atoms. The van der Waals surface area contributed by atoms with Gasteiger partial charge in [0.1, 0.15) is 0 Å². The first-order valence-electron chi connectivity index (χ1n) is 10.6. The number of carbonyl (C=O) groups is 2. The molecule has 3 aliphatic rings. The normalized spacial score (nSPS) is 23.2. The fourth-order valence-corrected chi connectivity index (χ4v) is 4.88. The Balaban J connectivity index is 1.25. The van der Waals surface area contributed by atoms with E-state index in [1.165, 1.54) is 17.5 Å². The molecular formula is C22H31N3O2. The molecule has 1 aromatic carbocycles. The molecule has 2 saturated heterocycles. The van der Waals surface area contributed by atoms with Crippen molar-refractivity contribution in [3.05, 3.63) is 35.4 Å². The third-order valence-electron chi connectivity index (χ3n) is 6.53. The number of hydrogen-bond acceptors (Lipinski definition) is 2. The molecule has 1 N–H and O–H groups in total. The van der Waals surface area contributed by atoms with Crippen LogP contribution in [0.25, 0.3) is 0 Å². The maximum absolute atomic E-state index is 12.7. The summed E-state index contributed by atoms with van der Waals surface area (Å²) in [6.07, 6.45) is 7.32. The average molecular weight is 370 g/mol. The van der Waals surface area contributed by atoms with Crippen LogP contribution in [0.5, 0.6) is 0 Å². The van der Waals surface area contributed by atoms with Crippen LogP contribution in [0.3, 0.4) is 0 Å². The van der Waals surface area contributed by atoms with Gasteiger partial charge >= 0.3 is 6.03 Å². The van der Waals surface area contributed by atoms with E-state index in [0.717, 1.165) is 58.2 Å². The standard InChI is InChI=1S/C22H31N3O2/c26-21(23-16-19-8-5-7-17-6-1-2-9-20(17)19)18-10-14-25(15-11-18)22(27)24-12-3-4-13-24/h1-2,6,9,18-19H,3-5,7-8,10-16H2,(H,23,26). The number of aryl methyl sites for hydroxylation is 1. The first-order valence-corrected chi connectivity index (χ1v) is 10.6. The van der Waals surface area contributed by atoms with Gasteiger partial charge in [-0.05, 0) is 56.1 Å². The second-order valence-corrected chi connectivity index (χ2v) is 8.27. The first kappa shape index (κ1) is 18.3. The molecule has 2 fully saturated rings. The molecule has 0 saturated carbocycles. The van der Waals surface area contributed by atoms with Crippen LogP contribution in [0.2, 0.25) is 0 Å². The van der Waals surface area contributed by atoms with Crippen LogP contribution >= 0.6 is 0 Å². The lowest BCUT2D eigenvalue weighted by atomic mass is 9.82. The van der Waals surface area contributed by atoms with Gasteiger partial charge < -0.3 is 15.1 Å². The Kier molecular flexibility index (Phi) is 5.65. The summed E-state index contributed by atoms with van der Waals surface area (Å²) in [4.78, 5) is 29.0. The lowest BCUT2D eigenvalue weighted by molar-refractivity contribution is -0.126. The quantitative estimate of drug-likeness (QED) is 0.890. The molecule has 4 rings (SSSR count). The Morgan fingerprint density at radius 2 is 1.63 bits per heavy atom. The van der Waals surface area contributed by atoms with Gasteiger partial charge in [-0.15, -0.1) is 0 Å². The topological polar surface area (TPSA) is 52.7 Å². The van der Waals surface area contributed by atoms with Crippen molar-refractivity contribution in [2.45, 2.75) is 50.9 Å². The van der Waals surface area contributed by atoms with Gasteiger partial charge in [0.05, 0.1) is 0 Å². The summed E-state index contributed by atoms with van der Waals surface area (Å²) in [5, 5.41) is 3.21. The number of likely N-dealkylation sites (tertiary alicyclic amines) is 2. The Labute approximate surface area is 162 Å². The minimum atomic E-state index is 0.0477.